The average Bonchev–Trinajstić information content (AvgIpc) is 3.58. The van der Waals surface area contributed by atoms with Gasteiger partial charge in [0.2, 0.25) is 5.71 Å². The van der Waals surface area contributed by atoms with E-state index >= 15 is 4.39 Å². The van der Waals surface area contributed by atoms with Gasteiger partial charge < -0.3 is 4.42 Å². The molecule has 0 bridgehead atoms. The largest absolute Gasteiger partial charge is 0.437 e. The molecule has 0 saturated heterocycles. The van der Waals surface area contributed by atoms with Gasteiger partial charge in [-0.1, -0.05) is 69.9 Å². The normalized spacial score (nSPS) is 16.5. The minimum absolute atomic E-state index is 0.112. The fraction of sp³-hybridized carbons (Fsp3) is 0.290. The number of hydrogen-bond donors (Lipinski definition) is 0. The summed E-state index contributed by atoms with van der Waals surface area (Å²) in [5, 5.41) is 0.904. The SMILES string of the molecule is [2H]C(C)(C)c1cnc(-c2ccc(F)c3c2oc2nc(-c4ccccc4)ccc23)cc1C([2H])([2H])C1CCCC1. The van der Waals surface area contributed by atoms with Gasteiger partial charge in [0.1, 0.15) is 11.4 Å². The van der Waals surface area contributed by atoms with Crippen molar-refractivity contribution in [2.24, 2.45) is 5.92 Å². The van der Waals surface area contributed by atoms with Crippen LogP contribution in [0.1, 0.15) is 60.7 Å². The van der Waals surface area contributed by atoms with Crippen LogP contribution in [-0.2, 0) is 6.37 Å². The quantitative estimate of drug-likeness (QED) is 0.259. The summed E-state index contributed by atoms with van der Waals surface area (Å²) in [5.74, 6) is -1.55. The minimum Gasteiger partial charge on any atom is -0.437 e. The molecule has 1 aliphatic carbocycles. The van der Waals surface area contributed by atoms with E-state index in [0.29, 0.717) is 44.5 Å². The molecule has 3 aromatic heterocycles. The Balaban J connectivity index is 1.54. The predicted molar refractivity (Wildman–Crippen MR) is 140 cm³/mol. The summed E-state index contributed by atoms with van der Waals surface area (Å²) in [7, 11) is 0. The Kier molecular flexibility index (Phi) is 4.78. The topological polar surface area (TPSA) is 38.9 Å². The van der Waals surface area contributed by atoms with Gasteiger partial charge in [0, 0.05) is 21.4 Å². The van der Waals surface area contributed by atoms with Crippen molar-refractivity contribution in [3.63, 3.8) is 0 Å². The third-order valence-corrected chi connectivity index (χ3v) is 6.94. The zero-order chi connectivity index (χ0) is 26.7. The number of halogens is 1. The van der Waals surface area contributed by atoms with Gasteiger partial charge in [-0.3, -0.25) is 4.98 Å². The molecule has 1 fully saturated rings. The molecule has 1 aliphatic rings. The van der Waals surface area contributed by atoms with Gasteiger partial charge in [0.05, 0.1) is 22.2 Å². The van der Waals surface area contributed by atoms with Crippen LogP contribution in [0.3, 0.4) is 0 Å². The molecule has 0 spiro atoms. The predicted octanol–water partition coefficient (Wildman–Crippen LogP) is 8.71. The molecule has 0 amide bonds. The molecule has 0 aliphatic heterocycles. The third-order valence-electron chi connectivity index (χ3n) is 6.94. The van der Waals surface area contributed by atoms with Crippen molar-refractivity contribution >= 4 is 22.1 Å². The van der Waals surface area contributed by atoms with E-state index in [9.17, 15) is 0 Å². The van der Waals surface area contributed by atoms with Crippen molar-refractivity contribution in [2.45, 2.75) is 51.8 Å². The van der Waals surface area contributed by atoms with E-state index in [1.165, 1.54) is 6.07 Å². The van der Waals surface area contributed by atoms with Crippen LogP contribution in [0.2, 0.25) is 0 Å². The second-order valence-corrected chi connectivity index (χ2v) is 9.56. The zero-order valence-corrected chi connectivity index (χ0v) is 19.9. The summed E-state index contributed by atoms with van der Waals surface area (Å²) < 4.78 is 48.2. The molecular formula is C31H29FN2O. The number of benzene rings is 2. The van der Waals surface area contributed by atoms with Crippen LogP contribution >= 0.6 is 0 Å². The maximum absolute atomic E-state index is 15.2. The standard InChI is InChI=1S/C31H29FN2O/c1-19(2)25-18-33-28(17-22(25)16-20-8-6-7-9-20)23-12-14-26(32)29-24-13-15-27(21-10-4-3-5-11-21)34-31(24)35-30(23)29/h3-5,10-15,17-20H,6-9,16H2,1-2H3/i16D2,19D. The van der Waals surface area contributed by atoms with Gasteiger partial charge in [-0.2, -0.15) is 0 Å². The first kappa shape index (κ1) is 18.8. The molecule has 0 radical (unpaired) electrons. The van der Waals surface area contributed by atoms with Gasteiger partial charge in [-0.15, -0.1) is 0 Å². The molecule has 6 rings (SSSR count). The Morgan fingerprint density at radius 3 is 2.63 bits per heavy atom. The number of furan rings is 1. The van der Waals surface area contributed by atoms with E-state index < -0.39 is 18.1 Å². The Morgan fingerprint density at radius 1 is 1.06 bits per heavy atom. The molecule has 3 heterocycles. The molecule has 0 atom stereocenters. The molecular weight excluding hydrogens is 435 g/mol. The number of pyridine rings is 2. The van der Waals surface area contributed by atoms with Crippen LogP contribution < -0.4 is 0 Å². The lowest BCUT2D eigenvalue weighted by molar-refractivity contribution is 0.542. The lowest BCUT2D eigenvalue weighted by atomic mass is 9.90. The van der Waals surface area contributed by atoms with Crippen molar-refractivity contribution in [3.05, 3.63) is 83.8 Å². The van der Waals surface area contributed by atoms with Gasteiger partial charge in [0.15, 0.2) is 0 Å². The molecule has 2 aromatic carbocycles. The molecule has 1 saturated carbocycles. The lowest BCUT2D eigenvalue weighted by Gasteiger charge is -2.17. The van der Waals surface area contributed by atoms with Crippen molar-refractivity contribution in [1.29, 1.82) is 0 Å². The Labute approximate surface area is 209 Å². The van der Waals surface area contributed by atoms with E-state index in [1.54, 1.807) is 32.2 Å². The maximum Gasteiger partial charge on any atom is 0.228 e. The van der Waals surface area contributed by atoms with Crippen LogP contribution in [0.25, 0.3) is 44.6 Å². The molecule has 4 heteroatoms. The fourth-order valence-corrected chi connectivity index (χ4v) is 5.10. The highest BCUT2D eigenvalue weighted by Gasteiger charge is 2.22. The minimum atomic E-state index is -1.61. The van der Waals surface area contributed by atoms with Gasteiger partial charge >= 0.3 is 0 Å². The summed E-state index contributed by atoms with van der Waals surface area (Å²) in [6, 6.07) is 18.2. The average molecular weight is 468 g/mol. The smallest absolute Gasteiger partial charge is 0.228 e. The van der Waals surface area contributed by atoms with Gasteiger partial charge in [-0.25, -0.2) is 9.37 Å². The second kappa shape index (κ2) is 8.92. The number of aromatic nitrogens is 2. The van der Waals surface area contributed by atoms with Crippen LogP contribution in [0.15, 0.2) is 71.3 Å². The highest BCUT2D eigenvalue weighted by molar-refractivity contribution is 6.09. The summed E-state index contributed by atoms with van der Waals surface area (Å²) in [5.41, 5.74) is 4.42. The van der Waals surface area contributed by atoms with Gasteiger partial charge in [-0.05, 0) is 59.6 Å². The van der Waals surface area contributed by atoms with E-state index in [4.69, 9.17) is 8.53 Å². The molecule has 176 valence electrons. The number of fused-ring (bicyclic) bond motifs is 3. The summed E-state index contributed by atoms with van der Waals surface area (Å²) in [4.78, 5) is 9.32. The first-order valence-electron chi connectivity index (χ1n) is 13.7. The molecule has 0 unspecified atom stereocenters. The summed E-state index contributed by atoms with van der Waals surface area (Å²) >= 11 is 0. The van der Waals surface area contributed by atoms with Crippen molar-refractivity contribution < 1.29 is 12.9 Å². The lowest BCUT2D eigenvalue weighted by Crippen LogP contribution is -2.05. The fourth-order valence-electron chi connectivity index (χ4n) is 5.10. The molecule has 3 nitrogen and oxygen atoms in total. The molecule has 35 heavy (non-hydrogen) atoms. The van der Waals surface area contributed by atoms with Crippen molar-refractivity contribution in [2.75, 3.05) is 0 Å². The van der Waals surface area contributed by atoms with E-state index in [-0.39, 0.29) is 5.92 Å². The molecule has 5 aromatic rings. The second-order valence-electron chi connectivity index (χ2n) is 9.56. The van der Waals surface area contributed by atoms with Crippen LogP contribution in [0.5, 0.6) is 0 Å². The first-order chi connectivity index (χ1) is 18.1. The van der Waals surface area contributed by atoms with E-state index in [0.717, 1.165) is 36.9 Å². The number of hydrogen-bond acceptors (Lipinski definition) is 3. The Morgan fingerprint density at radius 2 is 1.86 bits per heavy atom. The monoisotopic (exact) mass is 467 g/mol. The van der Waals surface area contributed by atoms with E-state index in [2.05, 4.69) is 9.97 Å². The van der Waals surface area contributed by atoms with Crippen molar-refractivity contribution in [1.82, 2.24) is 9.97 Å². The zero-order valence-electron chi connectivity index (χ0n) is 22.9. The maximum atomic E-state index is 15.2. The van der Waals surface area contributed by atoms with Crippen LogP contribution in [-0.4, -0.2) is 9.97 Å². The number of nitrogens with zero attached hydrogens (tertiary/aromatic N) is 2. The summed E-state index contributed by atoms with van der Waals surface area (Å²) in [6.45, 7) is 3.51. The Bertz CT molecular complexity index is 1650. The van der Waals surface area contributed by atoms with E-state index in [1.807, 2.05) is 42.5 Å². The van der Waals surface area contributed by atoms with Crippen LogP contribution in [0, 0.1) is 11.7 Å². The van der Waals surface area contributed by atoms with Crippen LogP contribution in [0.4, 0.5) is 4.39 Å². The van der Waals surface area contributed by atoms with Gasteiger partial charge in [0.25, 0.3) is 0 Å². The third kappa shape index (κ3) is 4.01. The first-order valence-corrected chi connectivity index (χ1v) is 12.2. The number of rotatable bonds is 5. The highest BCUT2D eigenvalue weighted by atomic mass is 19.1. The highest BCUT2D eigenvalue weighted by Crippen LogP contribution is 2.38. The Hall–Kier alpha value is -3.53. The summed E-state index contributed by atoms with van der Waals surface area (Å²) in [6.07, 6.45) is 3.66. The van der Waals surface area contributed by atoms with Crippen molar-refractivity contribution in [3.8, 4) is 22.5 Å². The molecule has 0 N–H and O–H groups in total.